The van der Waals surface area contributed by atoms with Crippen LogP contribution in [0.4, 0.5) is 0 Å². The highest BCUT2D eigenvalue weighted by Crippen LogP contribution is 2.31. The van der Waals surface area contributed by atoms with E-state index in [1.165, 1.54) is 36.8 Å². The summed E-state index contributed by atoms with van der Waals surface area (Å²) in [4.78, 5) is 0. The first-order valence-electron chi connectivity index (χ1n) is 7.52. The molecule has 106 valence electrons. The van der Waals surface area contributed by atoms with Gasteiger partial charge >= 0.3 is 0 Å². The van der Waals surface area contributed by atoms with Crippen LogP contribution in [0.15, 0.2) is 18.2 Å². The molecule has 1 fully saturated rings. The lowest BCUT2D eigenvalue weighted by molar-refractivity contribution is 0.320. The summed E-state index contributed by atoms with van der Waals surface area (Å²) >= 11 is 0. The molecule has 0 bridgehead atoms. The molecule has 1 aliphatic rings. The van der Waals surface area contributed by atoms with E-state index in [0.717, 1.165) is 18.1 Å². The van der Waals surface area contributed by atoms with E-state index in [1.54, 1.807) is 7.11 Å². The zero-order valence-electron chi connectivity index (χ0n) is 12.5. The first-order valence-corrected chi connectivity index (χ1v) is 7.52. The number of nitrogens with two attached hydrogens (primary N) is 1. The van der Waals surface area contributed by atoms with E-state index in [2.05, 4.69) is 32.0 Å². The summed E-state index contributed by atoms with van der Waals surface area (Å²) in [6, 6.07) is 7.07. The highest BCUT2D eigenvalue weighted by atomic mass is 16.5. The van der Waals surface area contributed by atoms with Gasteiger partial charge < -0.3 is 10.5 Å². The Hall–Kier alpha value is -1.02. The second-order valence-corrected chi connectivity index (χ2v) is 6.21. The second kappa shape index (κ2) is 6.42. The first-order chi connectivity index (χ1) is 9.10. The van der Waals surface area contributed by atoms with Gasteiger partial charge in [-0.2, -0.15) is 0 Å². The molecule has 0 amide bonds. The molecule has 1 saturated carbocycles. The van der Waals surface area contributed by atoms with Crippen LogP contribution in [0.1, 0.15) is 56.6 Å². The van der Waals surface area contributed by atoms with Crippen LogP contribution in [0.5, 0.6) is 5.75 Å². The summed E-state index contributed by atoms with van der Waals surface area (Å²) in [5, 5.41) is 0. The van der Waals surface area contributed by atoms with Crippen LogP contribution < -0.4 is 10.5 Å². The van der Waals surface area contributed by atoms with Crippen molar-refractivity contribution >= 4 is 0 Å². The van der Waals surface area contributed by atoms with Crippen molar-refractivity contribution in [3.8, 4) is 5.75 Å². The Morgan fingerprint density at radius 1 is 1.21 bits per heavy atom. The van der Waals surface area contributed by atoms with Crippen LogP contribution in [0.3, 0.4) is 0 Å². The van der Waals surface area contributed by atoms with Gasteiger partial charge in [0.2, 0.25) is 0 Å². The largest absolute Gasteiger partial charge is 0.496 e. The molecule has 0 aromatic heterocycles. The zero-order chi connectivity index (χ0) is 13.8. The molecule has 2 nitrogen and oxygen atoms in total. The minimum absolute atomic E-state index is 0.431. The molecular formula is C17H27NO. The van der Waals surface area contributed by atoms with E-state index in [0.29, 0.717) is 12.0 Å². The minimum atomic E-state index is 0.431. The number of ether oxygens (including phenoxy) is 1. The molecule has 0 spiro atoms. The number of rotatable bonds is 4. The molecule has 1 aromatic carbocycles. The summed E-state index contributed by atoms with van der Waals surface area (Å²) in [6.07, 6.45) is 6.01. The van der Waals surface area contributed by atoms with E-state index in [1.807, 2.05) is 0 Å². The van der Waals surface area contributed by atoms with Crippen LogP contribution in [-0.4, -0.2) is 13.2 Å². The van der Waals surface area contributed by atoms with Gasteiger partial charge in [0.05, 0.1) is 7.11 Å². The van der Waals surface area contributed by atoms with Crippen molar-refractivity contribution in [1.29, 1.82) is 0 Å². The van der Waals surface area contributed by atoms with E-state index in [9.17, 15) is 0 Å². The summed E-state index contributed by atoms with van der Waals surface area (Å²) in [6.45, 7) is 4.48. The summed E-state index contributed by atoms with van der Waals surface area (Å²) < 4.78 is 5.52. The predicted octanol–water partition coefficient (Wildman–Crippen LogP) is 3.88. The van der Waals surface area contributed by atoms with Gasteiger partial charge in [0, 0.05) is 6.04 Å². The average Bonchev–Trinajstić information content (AvgIpc) is 2.41. The van der Waals surface area contributed by atoms with Crippen molar-refractivity contribution in [2.24, 2.45) is 11.7 Å². The quantitative estimate of drug-likeness (QED) is 0.892. The van der Waals surface area contributed by atoms with Gasteiger partial charge in [-0.05, 0) is 61.1 Å². The smallest absolute Gasteiger partial charge is 0.122 e. The Morgan fingerprint density at radius 2 is 1.89 bits per heavy atom. The lowest BCUT2D eigenvalue weighted by atomic mass is 9.82. The third-order valence-corrected chi connectivity index (χ3v) is 4.37. The molecule has 0 aliphatic heterocycles. The molecule has 0 heterocycles. The first kappa shape index (κ1) is 14.4. The summed E-state index contributed by atoms with van der Waals surface area (Å²) in [5.41, 5.74) is 8.76. The molecule has 0 saturated heterocycles. The van der Waals surface area contributed by atoms with E-state index in [-0.39, 0.29) is 0 Å². The van der Waals surface area contributed by atoms with Crippen molar-refractivity contribution in [3.05, 3.63) is 29.3 Å². The molecule has 19 heavy (non-hydrogen) atoms. The number of benzene rings is 1. The molecule has 2 heteroatoms. The van der Waals surface area contributed by atoms with Crippen LogP contribution in [0.25, 0.3) is 0 Å². The molecular weight excluding hydrogens is 234 g/mol. The van der Waals surface area contributed by atoms with Gasteiger partial charge in [0.15, 0.2) is 0 Å². The third kappa shape index (κ3) is 3.73. The Kier molecular flexibility index (Phi) is 4.87. The Bertz CT molecular complexity index is 406. The zero-order valence-corrected chi connectivity index (χ0v) is 12.5. The van der Waals surface area contributed by atoms with Gasteiger partial charge in [0.25, 0.3) is 0 Å². The molecule has 2 N–H and O–H groups in total. The van der Waals surface area contributed by atoms with E-state index in [4.69, 9.17) is 10.5 Å². The van der Waals surface area contributed by atoms with Gasteiger partial charge in [-0.25, -0.2) is 0 Å². The lowest BCUT2D eigenvalue weighted by Crippen LogP contribution is -2.27. The molecule has 1 aromatic rings. The van der Waals surface area contributed by atoms with Crippen LogP contribution in [0, 0.1) is 5.92 Å². The van der Waals surface area contributed by atoms with Gasteiger partial charge in [-0.3, -0.25) is 0 Å². The van der Waals surface area contributed by atoms with Crippen molar-refractivity contribution < 1.29 is 4.74 Å². The standard InChI is InChI=1S/C17H27NO/c1-12(2)14-6-9-17(19-3)15(11-14)10-13-4-7-16(18)8-5-13/h6,9,11-13,16H,4-5,7-8,10,18H2,1-3H3. The molecule has 0 atom stereocenters. The molecule has 2 rings (SSSR count). The Morgan fingerprint density at radius 3 is 2.47 bits per heavy atom. The minimum Gasteiger partial charge on any atom is -0.496 e. The average molecular weight is 261 g/mol. The number of methoxy groups -OCH3 is 1. The van der Waals surface area contributed by atoms with Gasteiger partial charge in [-0.15, -0.1) is 0 Å². The monoisotopic (exact) mass is 261 g/mol. The van der Waals surface area contributed by atoms with Crippen molar-refractivity contribution in [3.63, 3.8) is 0 Å². The molecule has 0 radical (unpaired) electrons. The van der Waals surface area contributed by atoms with Crippen molar-refractivity contribution in [1.82, 2.24) is 0 Å². The Balaban J connectivity index is 2.11. The fourth-order valence-electron chi connectivity index (χ4n) is 3.02. The van der Waals surface area contributed by atoms with Crippen molar-refractivity contribution in [2.45, 2.75) is 57.9 Å². The SMILES string of the molecule is COc1ccc(C(C)C)cc1CC1CCC(N)CC1. The predicted molar refractivity (Wildman–Crippen MR) is 80.7 cm³/mol. The highest BCUT2D eigenvalue weighted by Gasteiger charge is 2.20. The maximum absolute atomic E-state index is 5.99. The third-order valence-electron chi connectivity index (χ3n) is 4.37. The fraction of sp³-hybridized carbons (Fsp3) is 0.647. The molecule has 0 unspecified atom stereocenters. The van der Waals surface area contributed by atoms with Crippen LogP contribution in [0.2, 0.25) is 0 Å². The Labute approximate surface area is 117 Å². The van der Waals surface area contributed by atoms with E-state index < -0.39 is 0 Å². The van der Waals surface area contributed by atoms with Crippen LogP contribution >= 0.6 is 0 Å². The van der Waals surface area contributed by atoms with Crippen LogP contribution in [-0.2, 0) is 6.42 Å². The second-order valence-electron chi connectivity index (χ2n) is 6.21. The maximum atomic E-state index is 5.99. The van der Waals surface area contributed by atoms with Gasteiger partial charge in [0.1, 0.15) is 5.75 Å². The molecule has 1 aliphatic carbocycles. The number of hydrogen-bond donors (Lipinski definition) is 1. The maximum Gasteiger partial charge on any atom is 0.122 e. The summed E-state index contributed by atoms with van der Waals surface area (Å²) in [7, 11) is 1.77. The normalized spacial score (nSPS) is 23.6. The van der Waals surface area contributed by atoms with Crippen molar-refractivity contribution in [2.75, 3.05) is 7.11 Å². The highest BCUT2D eigenvalue weighted by molar-refractivity contribution is 5.38. The number of hydrogen-bond acceptors (Lipinski definition) is 2. The van der Waals surface area contributed by atoms with E-state index >= 15 is 0 Å². The van der Waals surface area contributed by atoms with Gasteiger partial charge in [-0.1, -0.05) is 26.0 Å². The fourth-order valence-corrected chi connectivity index (χ4v) is 3.02. The summed E-state index contributed by atoms with van der Waals surface area (Å²) in [5.74, 6) is 2.39. The lowest BCUT2D eigenvalue weighted by Gasteiger charge is -2.26. The topological polar surface area (TPSA) is 35.2 Å².